The molecule has 2 atom stereocenters. The molecule has 0 amide bonds. The Morgan fingerprint density at radius 2 is 2.00 bits per heavy atom. The Bertz CT molecular complexity index is 404. The zero-order chi connectivity index (χ0) is 14.9. The van der Waals surface area contributed by atoms with E-state index >= 15 is 0 Å². The Labute approximate surface area is 130 Å². The van der Waals surface area contributed by atoms with Gasteiger partial charge in [-0.05, 0) is 36.3 Å². The monoisotopic (exact) mass is 289 g/mol. The quantitative estimate of drug-likeness (QED) is 0.736. The molecule has 1 aliphatic carbocycles. The molecule has 1 aromatic carbocycles. The maximum Gasteiger partial charge on any atom is 0.0713 e. The third-order valence-electron chi connectivity index (χ3n) is 4.68. The Kier molecular flexibility index (Phi) is 7.25. The maximum absolute atomic E-state index is 5.21. The van der Waals surface area contributed by atoms with Crippen molar-refractivity contribution in [2.24, 2.45) is 5.92 Å². The fourth-order valence-electron chi connectivity index (χ4n) is 3.54. The minimum Gasteiger partial charge on any atom is -0.380 e. The first-order valence-corrected chi connectivity index (χ1v) is 8.62. The average Bonchev–Trinajstić information content (AvgIpc) is 2.72. The summed E-state index contributed by atoms with van der Waals surface area (Å²) in [5.41, 5.74) is 2.64. The molecule has 0 heterocycles. The van der Waals surface area contributed by atoms with Crippen LogP contribution in [0.5, 0.6) is 0 Å². The highest BCUT2D eigenvalue weighted by Gasteiger charge is 2.17. The molecule has 118 valence electrons. The van der Waals surface area contributed by atoms with E-state index in [1.54, 1.807) is 7.11 Å². The van der Waals surface area contributed by atoms with Crippen molar-refractivity contribution in [2.45, 2.75) is 71.1 Å². The van der Waals surface area contributed by atoms with E-state index in [1.807, 2.05) is 0 Å². The van der Waals surface area contributed by atoms with E-state index in [9.17, 15) is 0 Å². The Balaban J connectivity index is 1.78. The smallest absolute Gasteiger partial charge is 0.0713 e. The van der Waals surface area contributed by atoms with E-state index in [0.717, 1.165) is 12.5 Å². The van der Waals surface area contributed by atoms with Crippen molar-refractivity contribution in [2.75, 3.05) is 7.11 Å². The fraction of sp³-hybridized carbons (Fsp3) is 0.684. The normalized spacial score (nSPS) is 23.0. The van der Waals surface area contributed by atoms with Gasteiger partial charge >= 0.3 is 0 Å². The molecular formula is C19H31NO. The van der Waals surface area contributed by atoms with Gasteiger partial charge in [0.25, 0.3) is 0 Å². The first-order valence-electron chi connectivity index (χ1n) is 8.62. The van der Waals surface area contributed by atoms with E-state index in [0.29, 0.717) is 12.6 Å². The second-order valence-corrected chi connectivity index (χ2v) is 6.49. The topological polar surface area (TPSA) is 21.3 Å². The van der Waals surface area contributed by atoms with Gasteiger partial charge in [-0.15, -0.1) is 0 Å². The molecular weight excluding hydrogens is 258 g/mol. The van der Waals surface area contributed by atoms with Crippen LogP contribution in [-0.2, 0) is 17.9 Å². The van der Waals surface area contributed by atoms with Crippen LogP contribution in [0, 0.1) is 5.92 Å². The summed E-state index contributed by atoms with van der Waals surface area (Å²) >= 11 is 0. The van der Waals surface area contributed by atoms with E-state index in [2.05, 4.69) is 36.5 Å². The van der Waals surface area contributed by atoms with Gasteiger partial charge in [-0.2, -0.15) is 0 Å². The predicted octanol–water partition coefficient (Wildman–Crippen LogP) is 4.67. The predicted molar refractivity (Wildman–Crippen MR) is 89.3 cm³/mol. The minimum absolute atomic E-state index is 0.704. The molecule has 0 aliphatic heterocycles. The summed E-state index contributed by atoms with van der Waals surface area (Å²) in [5.74, 6) is 0.979. The van der Waals surface area contributed by atoms with Crippen LogP contribution in [0.25, 0.3) is 0 Å². The third kappa shape index (κ3) is 5.80. The number of benzene rings is 1. The van der Waals surface area contributed by atoms with Crippen molar-refractivity contribution >= 4 is 0 Å². The molecule has 2 nitrogen and oxygen atoms in total. The van der Waals surface area contributed by atoms with Crippen LogP contribution < -0.4 is 5.32 Å². The van der Waals surface area contributed by atoms with Crippen LogP contribution >= 0.6 is 0 Å². The lowest BCUT2D eigenvalue weighted by Crippen LogP contribution is -2.28. The molecule has 2 unspecified atom stereocenters. The summed E-state index contributed by atoms with van der Waals surface area (Å²) in [6, 6.07) is 9.44. The number of nitrogens with one attached hydrogen (secondary N) is 1. The molecule has 0 saturated heterocycles. The van der Waals surface area contributed by atoms with E-state index < -0.39 is 0 Å². The van der Waals surface area contributed by atoms with Crippen molar-refractivity contribution in [3.8, 4) is 0 Å². The highest BCUT2D eigenvalue weighted by molar-refractivity contribution is 5.22. The van der Waals surface area contributed by atoms with Gasteiger partial charge in [-0.1, -0.05) is 56.9 Å². The van der Waals surface area contributed by atoms with Crippen LogP contribution in [-0.4, -0.2) is 13.2 Å². The highest BCUT2D eigenvalue weighted by atomic mass is 16.5. The Hall–Kier alpha value is -0.860. The molecule has 1 aliphatic rings. The van der Waals surface area contributed by atoms with Crippen molar-refractivity contribution in [1.29, 1.82) is 0 Å². The standard InChI is InChI=1S/C19H31NO/c1-3-6-16-7-5-10-19(12-11-16)20-14-17-8-4-9-18(13-17)15-21-2/h4,8-9,13,16,19-20H,3,5-7,10-12,14-15H2,1-2H3. The first kappa shape index (κ1) is 16.5. The first-order chi connectivity index (χ1) is 10.3. The van der Waals surface area contributed by atoms with Crippen molar-refractivity contribution in [1.82, 2.24) is 5.32 Å². The Morgan fingerprint density at radius 3 is 2.81 bits per heavy atom. The highest BCUT2D eigenvalue weighted by Crippen LogP contribution is 2.26. The SMILES string of the molecule is CCCC1CCCC(NCc2cccc(COC)c2)CC1. The lowest BCUT2D eigenvalue weighted by atomic mass is 9.95. The van der Waals surface area contributed by atoms with Gasteiger partial charge in [0.05, 0.1) is 6.61 Å². The van der Waals surface area contributed by atoms with Crippen LogP contribution in [0.4, 0.5) is 0 Å². The van der Waals surface area contributed by atoms with Crippen LogP contribution in [0.1, 0.15) is 63.0 Å². The average molecular weight is 289 g/mol. The van der Waals surface area contributed by atoms with Gasteiger partial charge in [0.1, 0.15) is 0 Å². The van der Waals surface area contributed by atoms with Crippen molar-refractivity contribution < 1.29 is 4.74 Å². The van der Waals surface area contributed by atoms with E-state index in [1.165, 1.54) is 56.1 Å². The lowest BCUT2D eigenvalue weighted by molar-refractivity contribution is 0.185. The largest absolute Gasteiger partial charge is 0.380 e. The molecule has 2 heteroatoms. The molecule has 21 heavy (non-hydrogen) atoms. The van der Waals surface area contributed by atoms with Gasteiger partial charge in [-0.25, -0.2) is 0 Å². The zero-order valence-electron chi connectivity index (χ0n) is 13.7. The van der Waals surface area contributed by atoms with Gasteiger partial charge in [0, 0.05) is 19.7 Å². The van der Waals surface area contributed by atoms with Crippen molar-refractivity contribution in [3.63, 3.8) is 0 Å². The van der Waals surface area contributed by atoms with Crippen LogP contribution in [0.15, 0.2) is 24.3 Å². The maximum atomic E-state index is 5.21. The molecule has 0 bridgehead atoms. The summed E-state index contributed by atoms with van der Waals surface area (Å²) in [5, 5.41) is 3.77. The van der Waals surface area contributed by atoms with Gasteiger partial charge in [-0.3, -0.25) is 0 Å². The Morgan fingerprint density at radius 1 is 1.14 bits per heavy atom. The van der Waals surface area contributed by atoms with E-state index in [-0.39, 0.29) is 0 Å². The minimum atomic E-state index is 0.704. The fourth-order valence-corrected chi connectivity index (χ4v) is 3.54. The summed E-state index contributed by atoms with van der Waals surface area (Å²) in [6.07, 6.45) is 9.71. The summed E-state index contributed by atoms with van der Waals surface area (Å²) in [7, 11) is 1.75. The lowest BCUT2D eigenvalue weighted by Gasteiger charge is -2.17. The number of rotatable bonds is 7. The van der Waals surface area contributed by atoms with Crippen molar-refractivity contribution in [3.05, 3.63) is 35.4 Å². The molecule has 1 saturated carbocycles. The number of methoxy groups -OCH3 is 1. The third-order valence-corrected chi connectivity index (χ3v) is 4.68. The molecule has 1 aromatic rings. The zero-order valence-corrected chi connectivity index (χ0v) is 13.7. The molecule has 0 spiro atoms. The number of hydrogen-bond donors (Lipinski definition) is 1. The second kappa shape index (κ2) is 9.22. The second-order valence-electron chi connectivity index (χ2n) is 6.49. The summed E-state index contributed by atoms with van der Waals surface area (Å²) in [4.78, 5) is 0. The summed E-state index contributed by atoms with van der Waals surface area (Å²) < 4.78 is 5.21. The number of ether oxygens (including phenoxy) is 1. The molecule has 2 rings (SSSR count). The van der Waals surface area contributed by atoms with E-state index in [4.69, 9.17) is 4.74 Å². The van der Waals surface area contributed by atoms with Gasteiger partial charge < -0.3 is 10.1 Å². The molecule has 1 fully saturated rings. The van der Waals surface area contributed by atoms with Gasteiger partial charge in [0.15, 0.2) is 0 Å². The van der Waals surface area contributed by atoms with Crippen LogP contribution in [0.2, 0.25) is 0 Å². The number of hydrogen-bond acceptors (Lipinski definition) is 2. The van der Waals surface area contributed by atoms with Crippen LogP contribution in [0.3, 0.4) is 0 Å². The molecule has 0 aromatic heterocycles. The van der Waals surface area contributed by atoms with Gasteiger partial charge in [0.2, 0.25) is 0 Å². The molecule has 0 radical (unpaired) electrons. The molecule has 1 N–H and O–H groups in total. The summed E-state index contributed by atoms with van der Waals surface area (Å²) in [6.45, 7) is 4.00.